The highest BCUT2D eigenvalue weighted by Gasteiger charge is 2.53. The fraction of sp³-hybridized carbons (Fsp3) is 0.467. The summed E-state index contributed by atoms with van der Waals surface area (Å²) in [4.78, 5) is 70.2. The molecule has 2 aromatic heterocycles. The molecule has 3 aliphatic rings. The Labute approximate surface area is 368 Å². The Morgan fingerprint density at radius 2 is 1.65 bits per heavy atom. The summed E-state index contributed by atoms with van der Waals surface area (Å²) < 4.78 is 50.5. The summed E-state index contributed by atoms with van der Waals surface area (Å²) in [7, 11) is 1.24. The van der Waals surface area contributed by atoms with E-state index in [4.69, 9.17) is 16.3 Å². The zero-order valence-electron chi connectivity index (χ0n) is 36.2. The first-order valence-electron chi connectivity index (χ1n) is 21.0. The van der Waals surface area contributed by atoms with E-state index in [2.05, 4.69) is 49.1 Å². The maximum absolute atomic E-state index is 13.8. The number of H-pyrrole nitrogens is 1. The monoisotopic (exact) mass is 892 g/mol. The molecule has 1 saturated carbocycles. The number of nitrogens with zero attached hydrogens (tertiary/aromatic N) is 5. The van der Waals surface area contributed by atoms with Crippen molar-refractivity contribution in [1.82, 2.24) is 30.1 Å². The fourth-order valence-corrected chi connectivity index (χ4v) is 8.70. The minimum absolute atomic E-state index is 0.0208. The molecule has 1 aliphatic carbocycles. The van der Waals surface area contributed by atoms with Gasteiger partial charge in [0.15, 0.2) is 0 Å². The van der Waals surface area contributed by atoms with Crippen LogP contribution in [0, 0.1) is 17.3 Å². The summed E-state index contributed by atoms with van der Waals surface area (Å²) in [6.45, 7) is 13.5. The number of piperazine rings is 1. The van der Waals surface area contributed by atoms with Gasteiger partial charge in [0, 0.05) is 55.5 Å². The van der Waals surface area contributed by atoms with Crippen LogP contribution in [0.1, 0.15) is 83.0 Å². The number of carbonyl (C=O) groups is 4. The van der Waals surface area contributed by atoms with Gasteiger partial charge in [-0.1, -0.05) is 63.6 Å². The van der Waals surface area contributed by atoms with Gasteiger partial charge in [0.1, 0.15) is 23.4 Å². The van der Waals surface area contributed by atoms with E-state index in [0.29, 0.717) is 54.5 Å². The molecule has 14 nitrogen and oxygen atoms in total. The van der Waals surface area contributed by atoms with E-state index in [1.54, 1.807) is 47.5 Å². The summed E-state index contributed by atoms with van der Waals surface area (Å²) in [5, 5.41) is 5.20. The number of alkyl halides is 3. The van der Waals surface area contributed by atoms with Gasteiger partial charge >= 0.3 is 12.5 Å². The molecule has 4 amide bonds. The van der Waals surface area contributed by atoms with Crippen LogP contribution in [0.2, 0.25) is 5.02 Å². The van der Waals surface area contributed by atoms with Crippen molar-refractivity contribution in [3.05, 3.63) is 77.3 Å². The Kier molecular flexibility index (Phi) is 12.7. The summed E-state index contributed by atoms with van der Waals surface area (Å²) >= 11 is 6.61. The van der Waals surface area contributed by atoms with Gasteiger partial charge in [0.2, 0.25) is 11.8 Å². The normalized spacial score (nSPS) is 21.2. The number of benzene rings is 2. The van der Waals surface area contributed by atoms with Gasteiger partial charge in [-0.2, -0.15) is 0 Å². The Morgan fingerprint density at radius 3 is 2.27 bits per heavy atom. The lowest BCUT2D eigenvalue weighted by Gasteiger charge is -2.45. The number of aromatic nitrogens is 3. The largest absolute Gasteiger partial charge is 0.573 e. The van der Waals surface area contributed by atoms with E-state index in [1.165, 1.54) is 19.4 Å². The van der Waals surface area contributed by atoms with Crippen molar-refractivity contribution in [1.29, 1.82) is 0 Å². The minimum atomic E-state index is -5.06. The van der Waals surface area contributed by atoms with Crippen molar-refractivity contribution in [2.45, 2.75) is 91.3 Å². The number of alkyl carbamates (subject to hydrolysis) is 1. The average molecular weight is 893 g/mol. The number of anilines is 2. The van der Waals surface area contributed by atoms with Crippen molar-refractivity contribution < 1.29 is 41.8 Å². The third-order valence-corrected chi connectivity index (χ3v) is 12.6. The fourth-order valence-electron chi connectivity index (χ4n) is 8.49. The van der Waals surface area contributed by atoms with Crippen molar-refractivity contribution in [2.75, 3.05) is 37.0 Å². The van der Waals surface area contributed by atoms with Crippen LogP contribution in [0.3, 0.4) is 0 Å². The maximum atomic E-state index is 13.8. The summed E-state index contributed by atoms with van der Waals surface area (Å²) in [5.74, 6) is -0.237. The second-order valence-electron chi connectivity index (χ2n) is 17.6. The molecule has 5 atom stereocenters. The number of imidazole rings is 1. The minimum Gasteiger partial charge on any atom is -0.453 e. The number of pyridine rings is 1. The molecule has 5 unspecified atom stereocenters. The number of carbonyl (C=O) groups excluding carboxylic acids is 4. The standard InChI is InChI=1S/C45H52ClF3N8O6/c1-24(2)38(54-43(61)62-7)42(60)55-16-8-9-35(55)39-51-21-34(52-39)28-12-10-27(11-13-28)30-17-32(46)33(18-36(30)63-45(47,48)49)53-40(58)29-14-15-37(50-20-29)56-22-26(4)57(23-25(56)3)41(59)31-19-44(31,5)6/h10-15,17-18,20-21,24-26,31,35,38H,8-9,16,19,22-23H2,1-7H3,(H,51,52)(H,53,58)(H,54,61). The number of hydrogen-bond donors (Lipinski definition) is 3. The summed E-state index contributed by atoms with van der Waals surface area (Å²) in [6.07, 6.45) is -0.456. The number of ether oxygens (including phenoxy) is 2. The lowest BCUT2D eigenvalue weighted by atomic mass is 10.0. The lowest BCUT2D eigenvalue weighted by molar-refractivity contribution is -0.274. The van der Waals surface area contributed by atoms with Gasteiger partial charge in [0.05, 0.1) is 41.3 Å². The molecule has 18 heteroatoms. The predicted octanol–water partition coefficient (Wildman–Crippen LogP) is 8.46. The smallest absolute Gasteiger partial charge is 0.453 e. The van der Waals surface area contributed by atoms with E-state index in [-0.39, 0.29) is 69.0 Å². The molecular weight excluding hydrogens is 841 g/mol. The molecule has 336 valence electrons. The Bertz CT molecular complexity index is 2360. The van der Waals surface area contributed by atoms with Crippen molar-refractivity contribution in [2.24, 2.45) is 17.3 Å². The Hall–Kier alpha value is -5.84. The summed E-state index contributed by atoms with van der Waals surface area (Å²) in [5.41, 5.74) is 1.77. The van der Waals surface area contributed by atoms with Gasteiger partial charge in [-0.3, -0.25) is 14.4 Å². The van der Waals surface area contributed by atoms with E-state index < -0.39 is 30.2 Å². The molecule has 2 saturated heterocycles. The number of likely N-dealkylation sites (tertiary alicyclic amines) is 1. The van der Waals surface area contributed by atoms with Crippen LogP contribution < -0.4 is 20.3 Å². The molecular formula is C45H52ClF3N8O6. The second-order valence-corrected chi connectivity index (χ2v) is 18.0. The SMILES string of the molecule is COC(=O)NC(C(=O)N1CCCC1c1ncc(-c2ccc(-c3cc(Cl)c(NC(=O)c4ccc(N5CC(C)N(C(=O)C6CC6(C)C)CC5C)nc4)cc3OC(F)(F)F)cc2)[nH]1)C(C)C. The first-order valence-corrected chi connectivity index (χ1v) is 21.4. The van der Waals surface area contributed by atoms with Crippen LogP contribution in [0.15, 0.2) is 60.9 Å². The number of nitrogens with one attached hydrogen (secondary N) is 3. The number of methoxy groups -OCH3 is 1. The first kappa shape index (κ1) is 45.2. The predicted molar refractivity (Wildman–Crippen MR) is 231 cm³/mol. The van der Waals surface area contributed by atoms with Crippen molar-refractivity contribution in [3.8, 4) is 28.1 Å². The zero-order valence-corrected chi connectivity index (χ0v) is 36.9. The average Bonchev–Trinajstić information content (AvgIpc) is 3.58. The van der Waals surface area contributed by atoms with Crippen LogP contribution in [0.4, 0.5) is 29.5 Å². The third kappa shape index (κ3) is 9.87. The third-order valence-electron chi connectivity index (χ3n) is 12.3. The molecule has 63 heavy (non-hydrogen) atoms. The Balaban J connectivity index is 1.04. The molecule has 0 bridgehead atoms. The highest BCUT2D eigenvalue weighted by atomic mass is 35.5. The molecule has 4 heterocycles. The van der Waals surface area contributed by atoms with Gasteiger partial charge in [0.25, 0.3) is 5.91 Å². The van der Waals surface area contributed by atoms with E-state index in [1.807, 2.05) is 32.6 Å². The van der Waals surface area contributed by atoms with E-state index >= 15 is 0 Å². The van der Waals surface area contributed by atoms with Crippen LogP contribution in [0.5, 0.6) is 5.75 Å². The quantitative estimate of drug-likeness (QED) is 0.134. The van der Waals surface area contributed by atoms with Gasteiger partial charge in [-0.05, 0) is 73.8 Å². The molecule has 4 aromatic rings. The molecule has 2 aliphatic heterocycles. The van der Waals surface area contributed by atoms with Crippen LogP contribution >= 0.6 is 11.6 Å². The highest BCUT2D eigenvalue weighted by molar-refractivity contribution is 6.34. The molecule has 2 aromatic carbocycles. The van der Waals surface area contributed by atoms with Gasteiger partial charge in [-0.15, -0.1) is 13.2 Å². The molecule has 3 N–H and O–H groups in total. The van der Waals surface area contributed by atoms with Gasteiger partial charge in [-0.25, -0.2) is 14.8 Å². The van der Waals surface area contributed by atoms with Crippen molar-refractivity contribution in [3.63, 3.8) is 0 Å². The van der Waals surface area contributed by atoms with Crippen molar-refractivity contribution >= 4 is 46.9 Å². The number of amides is 4. The number of hydrogen-bond acceptors (Lipinski definition) is 9. The lowest BCUT2D eigenvalue weighted by Crippen LogP contribution is -2.59. The molecule has 7 rings (SSSR count). The second kappa shape index (κ2) is 17.7. The summed E-state index contributed by atoms with van der Waals surface area (Å²) in [6, 6.07) is 11.0. The Morgan fingerprint density at radius 1 is 0.952 bits per heavy atom. The van der Waals surface area contributed by atoms with Crippen LogP contribution in [-0.2, 0) is 14.3 Å². The number of aromatic amines is 1. The first-order chi connectivity index (χ1) is 29.7. The topological polar surface area (TPSA) is 162 Å². The molecule has 0 radical (unpaired) electrons. The van der Waals surface area contributed by atoms with E-state index in [0.717, 1.165) is 18.9 Å². The van der Waals surface area contributed by atoms with E-state index in [9.17, 15) is 32.3 Å². The van der Waals surface area contributed by atoms with Crippen LogP contribution in [-0.4, -0.2) is 99.8 Å². The number of rotatable bonds is 11. The van der Waals surface area contributed by atoms with Gasteiger partial charge < -0.3 is 39.8 Å². The molecule has 0 spiro atoms. The highest BCUT2D eigenvalue weighted by Crippen LogP contribution is 2.53. The maximum Gasteiger partial charge on any atom is 0.573 e. The van der Waals surface area contributed by atoms with Crippen LogP contribution in [0.25, 0.3) is 22.4 Å². The zero-order chi connectivity index (χ0) is 45.5. The molecule has 3 fully saturated rings. The number of halogens is 4.